The van der Waals surface area contributed by atoms with E-state index < -0.39 is 10.0 Å². The SMILES string of the molecule is COCCCN(C)C(=O)c1ccc(S(N)(=O)=O)cc1. The molecule has 1 aromatic rings. The van der Waals surface area contributed by atoms with E-state index in [-0.39, 0.29) is 10.8 Å². The molecule has 0 heterocycles. The molecule has 0 fully saturated rings. The second-order valence-corrected chi connectivity index (χ2v) is 5.70. The predicted molar refractivity (Wildman–Crippen MR) is 71.3 cm³/mol. The minimum absolute atomic E-state index is 0.00825. The van der Waals surface area contributed by atoms with Gasteiger partial charge < -0.3 is 9.64 Å². The molecule has 7 heteroatoms. The van der Waals surface area contributed by atoms with Gasteiger partial charge >= 0.3 is 0 Å². The summed E-state index contributed by atoms with van der Waals surface area (Å²) < 4.78 is 27.1. The van der Waals surface area contributed by atoms with E-state index in [4.69, 9.17) is 9.88 Å². The van der Waals surface area contributed by atoms with Gasteiger partial charge in [0.25, 0.3) is 5.91 Å². The molecule has 0 aromatic heterocycles. The van der Waals surface area contributed by atoms with E-state index in [1.54, 1.807) is 19.1 Å². The predicted octanol–water partition coefficient (Wildman–Crippen LogP) is 0.443. The van der Waals surface area contributed by atoms with Gasteiger partial charge in [-0.15, -0.1) is 0 Å². The molecule has 2 N–H and O–H groups in total. The molecule has 1 amide bonds. The minimum Gasteiger partial charge on any atom is -0.385 e. The van der Waals surface area contributed by atoms with Crippen molar-refractivity contribution in [3.63, 3.8) is 0 Å². The number of hydrogen-bond donors (Lipinski definition) is 1. The highest BCUT2D eigenvalue weighted by Crippen LogP contribution is 2.10. The summed E-state index contributed by atoms with van der Waals surface area (Å²) in [4.78, 5) is 13.6. The summed E-state index contributed by atoms with van der Waals surface area (Å²) in [6.45, 7) is 1.16. The van der Waals surface area contributed by atoms with Crippen LogP contribution in [0, 0.1) is 0 Å². The van der Waals surface area contributed by atoms with Crippen molar-refractivity contribution in [2.24, 2.45) is 5.14 Å². The summed E-state index contributed by atoms with van der Waals surface area (Å²) in [5.41, 5.74) is 0.423. The van der Waals surface area contributed by atoms with Crippen LogP contribution in [0.1, 0.15) is 16.8 Å². The average molecular weight is 286 g/mol. The lowest BCUT2D eigenvalue weighted by Crippen LogP contribution is -2.28. The number of nitrogens with two attached hydrogens (primary N) is 1. The van der Waals surface area contributed by atoms with Crippen molar-refractivity contribution in [3.05, 3.63) is 29.8 Å². The molecule has 6 nitrogen and oxygen atoms in total. The van der Waals surface area contributed by atoms with Gasteiger partial charge in [0.2, 0.25) is 10.0 Å². The Morgan fingerprint density at radius 2 is 1.89 bits per heavy atom. The number of amides is 1. The van der Waals surface area contributed by atoms with E-state index >= 15 is 0 Å². The Labute approximate surface area is 113 Å². The molecular formula is C12H18N2O4S. The summed E-state index contributed by atoms with van der Waals surface area (Å²) in [6, 6.07) is 5.56. The smallest absolute Gasteiger partial charge is 0.253 e. The molecule has 0 aliphatic rings. The van der Waals surface area contributed by atoms with Crippen molar-refractivity contribution >= 4 is 15.9 Å². The first-order valence-electron chi connectivity index (χ1n) is 5.73. The molecule has 0 radical (unpaired) electrons. The van der Waals surface area contributed by atoms with Gasteiger partial charge in [0.15, 0.2) is 0 Å². The zero-order chi connectivity index (χ0) is 14.5. The third-order valence-electron chi connectivity index (χ3n) is 2.62. The Bertz CT molecular complexity index is 525. The summed E-state index contributed by atoms with van der Waals surface area (Å²) in [6.07, 6.45) is 0.744. The van der Waals surface area contributed by atoms with Crippen molar-refractivity contribution in [3.8, 4) is 0 Å². The van der Waals surface area contributed by atoms with Crippen molar-refractivity contribution in [2.45, 2.75) is 11.3 Å². The van der Waals surface area contributed by atoms with Crippen molar-refractivity contribution < 1.29 is 17.9 Å². The Morgan fingerprint density at radius 3 is 2.37 bits per heavy atom. The summed E-state index contributed by atoms with van der Waals surface area (Å²) >= 11 is 0. The van der Waals surface area contributed by atoms with Crippen LogP contribution in [0.15, 0.2) is 29.2 Å². The van der Waals surface area contributed by atoms with Gasteiger partial charge in [-0.25, -0.2) is 13.6 Å². The Morgan fingerprint density at radius 1 is 1.32 bits per heavy atom. The maximum Gasteiger partial charge on any atom is 0.253 e. The lowest BCUT2D eigenvalue weighted by molar-refractivity contribution is 0.0779. The fraction of sp³-hybridized carbons (Fsp3) is 0.417. The number of carbonyl (C=O) groups is 1. The molecule has 0 unspecified atom stereocenters. The quantitative estimate of drug-likeness (QED) is 0.768. The highest BCUT2D eigenvalue weighted by Gasteiger charge is 2.13. The number of rotatable bonds is 6. The van der Waals surface area contributed by atoms with Gasteiger partial charge in [0.05, 0.1) is 4.90 Å². The molecule has 0 bridgehead atoms. The molecule has 1 rings (SSSR count). The molecular weight excluding hydrogens is 268 g/mol. The van der Waals surface area contributed by atoms with Gasteiger partial charge in [-0.2, -0.15) is 0 Å². The van der Waals surface area contributed by atoms with Gasteiger partial charge in [0, 0.05) is 32.9 Å². The second kappa shape index (κ2) is 6.65. The van der Waals surface area contributed by atoms with Crippen LogP contribution in [-0.2, 0) is 14.8 Å². The fourth-order valence-electron chi connectivity index (χ4n) is 1.56. The van der Waals surface area contributed by atoms with E-state index in [9.17, 15) is 13.2 Å². The molecule has 0 spiro atoms. The van der Waals surface area contributed by atoms with Crippen LogP contribution in [0.3, 0.4) is 0 Å². The zero-order valence-electron chi connectivity index (χ0n) is 11.0. The van der Waals surface area contributed by atoms with Crippen LogP contribution < -0.4 is 5.14 Å². The van der Waals surface area contributed by atoms with Crippen LogP contribution in [0.2, 0.25) is 0 Å². The number of benzene rings is 1. The number of hydrogen-bond acceptors (Lipinski definition) is 4. The summed E-state index contributed by atoms with van der Waals surface area (Å²) in [7, 11) is -0.433. The summed E-state index contributed by atoms with van der Waals surface area (Å²) in [5.74, 6) is -0.169. The number of primary sulfonamides is 1. The highest BCUT2D eigenvalue weighted by atomic mass is 32.2. The largest absolute Gasteiger partial charge is 0.385 e. The van der Waals surface area contributed by atoms with E-state index in [0.717, 1.165) is 6.42 Å². The van der Waals surface area contributed by atoms with Gasteiger partial charge in [-0.1, -0.05) is 0 Å². The third-order valence-corrected chi connectivity index (χ3v) is 3.55. The number of sulfonamides is 1. The van der Waals surface area contributed by atoms with Gasteiger partial charge in [-0.3, -0.25) is 4.79 Å². The highest BCUT2D eigenvalue weighted by molar-refractivity contribution is 7.89. The summed E-state index contributed by atoms with van der Waals surface area (Å²) in [5, 5.41) is 4.99. The number of methoxy groups -OCH3 is 1. The lowest BCUT2D eigenvalue weighted by atomic mass is 10.2. The normalized spacial score (nSPS) is 11.3. The maximum atomic E-state index is 12.0. The van der Waals surface area contributed by atoms with Crippen molar-refractivity contribution in [1.82, 2.24) is 4.90 Å². The maximum absolute atomic E-state index is 12.0. The number of ether oxygens (including phenoxy) is 1. The second-order valence-electron chi connectivity index (χ2n) is 4.14. The lowest BCUT2D eigenvalue weighted by Gasteiger charge is -2.17. The first kappa shape index (κ1) is 15.6. The first-order chi connectivity index (χ1) is 8.86. The monoisotopic (exact) mass is 286 g/mol. The molecule has 106 valence electrons. The van der Waals surface area contributed by atoms with E-state index in [0.29, 0.717) is 18.7 Å². The fourth-order valence-corrected chi connectivity index (χ4v) is 2.07. The number of nitrogens with zero attached hydrogens (tertiary/aromatic N) is 1. The molecule has 0 saturated heterocycles. The van der Waals surface area contributed by atoms with E-state index in [1.165, 1.54) is 24.3 Å². The minimum atomic E-state index is -3.72. The van der Waals surface area contributed by atoms with E-state index in [2.05, 4.69) is 0 Å². The molecule has 0 atom stereocenters. The van der Waals surface area contributed by atoms with Gasteiger partial charge in [0.1, 0.15) is 0 Å². The van der Waals surface area contributed by atoms with Crippen LogP contribution >= 0.6 is 0 Å². The Kier molecular flexibility index (Phi) is 5.46. The third kappa shape index (κ3) is 4.62. The van der Waals surface area contributed by atoms with Crippen LogP contribution in [0.25, 0.3) is 0 Å². The van der Waals surface area contributed by atoms with Crippen LogP contribution in [0.5, 0.6) is 0 Å². The zero-order valence-corrected chi connectivity index (χ0v) is 11.8. The number of carbonyl (C=O) groups excluding carboxylic acids is 1. The van der Waals surface area contributed by atoms with Crippen LogP contribution in [0.4, 0.5) is 0 Å². The molecule has 0 aliphatic heterocycles. The molecule has 19 heavy (non-hydrogen) atoms. The van der Waals surface area contributed by atoms with Crippen molar-refractivity contribution in [2.75, 3.05) is 27.3 Å². The standard InChI is InChI=1S/C12H18N2O4S/c1-14(8-3-9-18-2)12(15)10-4-6-11(7-5-10)19(13,16)17/h4-7H,3,8-9H2,1-2H3,(H2,13,16,17). The topological polar surface area (TPSA) is 89.7 Å². The van der Waals surface area contributed by atoms with Crippen molar-refractivity contribution in [1.29, 1.82) is 0 Å². The van der Waals surface area contributed by atoms with Gasteiger partial charge in [-0.05, 0) is 30.7 Å². The van der Waals surface area contributed by atoms with Crippen LogP contribution in [-0.4, -0.2) is 46.5 Å². The molecule has 0 saturated carbocycles. The molecule has 0 aliphatic carbocycles. The Hall–Kier alpha value is -1.44. The first-order valence-corrected chi connectivity index (χ1v) is 7.28. The molecule has 1 aromatic carbocycles. The Balaban J connectivity index is 2.73. The van der Waals surface area contributed by atoms with E-state index in [1.807, 2.05) is 0 Å². The average Bonchev–Trinajstić information content (AvgIpc) is 2.37.